The molecule has 32 heavy (non-hydrogen) atoms. The normalized spacial score (nSPS) is 15.5. The summed E-state index contributed by atoms with van der Waals surface area (Å²) in [5.74, 6) is -0.0389. The van der Waals surface area contributed by atoms with E-state index in [1.807, 2.05) is 18.2 Å². The second kappa shape index (κ2) is 10.8. The molecule has 1 fully saturated rings. The summed E-state index contributed by atoms with van der Waals surface area (Å²) in [6.45, 7) is 9.97. The number of aryl methyl sites for hydroxylation is 1. The molecule has 0 aliphatic carbocycles. The predicted molar refractivity (Wildman–Crippen MR) is 135 cm³/mol. The highest BCUT2D eigenvalue weighted by Gasteiger charge is 2.17. The number of anilines is 2. The highest BCUT2D eigenvalue weighted by molar-refractivity contribution is 7.10. The van der Waals surface area contributed by atoms with Crippen molar-refractivity contribution >= 4 is 28.6 Å². The average molecular weight is 449 g/mol. The van der Waals surface area contributed by atoms with Crippen LogP contribution >= 0.6 is 11.3 Å². The zero-order chi connectivity index (χ0) is 22.3. The number of nitrogens with one attached hydrogen (secondary N) is 2. The second-order valence-corrected chi connectivity index (χ2v) is 9.24. The third-order valence-corrected chi connectivity index (χ3v) is 6.98. The Hall–Kier alpha value is -2.67. The standard InChI is InChI=1S/C26H32N4OS/c1-3-29-14-16-30(17-15-29)23-12-10-22(11-13-23)28-25(31)19-27-26(24-5-4-18-32-24)21-8-6-20(2)7-9-21/h4-13,18,26-27H,3,14-17,19H2,1-2H3,(H,28,31)/t26-/m0/s1. The van der Waals surface area contributed by atoms with Crippen molar-refractivity contribution in [2.24, 2.45) is 0 Å². The number of nitrogens with zero attached hydrogens (tertiary/aromatic N) is 2. The van der Waals surface area contributed by atoms with Crippen molar-refractivity contribution in [1.82, 2.24) is 10.2 Å². The fraction of sp³-hybridized carbons (Fsp3) is 0.346. The van der Waals surface area contributed by atoms with Gasteiger partial charge in [0.05, 0.1) is 12.6 Å². The smallest absolute Gasteiger partial charge is 0.238 e. The Morgan fingerprint density at radius 3 is 2.34 bits per heavy atom. The number of likely N-dealkylation sites (N-methyl/N-ethyl adjacent to an activating group) is 1. The van der Waals surface area contributed by atoms with Crippen molar-refractivity contribution in [3.8, 4) is 0 Å². The van der Waals surface area contributed by atoms with Crippen LogP contribution in [0.1, 0.15) is 29.0 Å². The number of carbonyl (C=O) groups excluding carboxylic acids is 1. The molecule has 2 heterocycles. The number of hydrogen-bond donors (Lipinski definition) is 2. The van der Waals surface area contributed by atoms with Crippen LogP contribution in [-0.4, -0.2) is 50.1 Å². The summed E-state index contributed by atoms with van der Waals surface area (Å²) in [6.07, 6.45) is 0. The average Bonchev–Trinajstić information content (AvgIpc) is 3.36. The second-order valence-electron chi connectivity index (χ2n) is 8.26. The van der Waals surface area contributed by atoms with Gasteiger partial charge in [0, 0.05) is 42.4 Å². The summed E-state index contributed by atoms with van der Waals surface area (Å²) in [7, 11) is 0. The van der Waals surface area contributed by atoms with Crippen LogP contribution in [0.5, 0.6) is 0 Å². The molecule has 4 rings (SSSR count). The molecule has 1 aromatic heterocycles. The zero-order valence-electron chi connectivity index (χ0n) is 18.9. The van der Waals surface area contributed by atoms with Crippen molar-refractivity contribution in [3.05, 3.63) is 82.0 Å². The molecule has 0 spiro atoms. The molecule has 0 unspecified atom stereocenters. The van der Waals surface area contributed by atoms with Crippen LogP contribution in [0.4, 0.5) is 11.4 Å². The van der Waals surface area contributed by atoms with Crippen molar-refractivity contribution in [3.63, 3.8) is 0 Å². The Kier molecular flexibility index (Phi) is 7.58. The van der Waals surface area contributed by atoms with Gasteiger partial charge in [-0.2, -0.15) is 0 Å². The van der Waals surface area contributed by atoms with E-state index in [1.165, 1.54) is 21.7 Å². The van der Waals surface area contributed by atoms with E-state index in [-0.39, 0.29) is 18.5 Å². The lowest BCUT2D eigenvalue weighted by Gasteiger charge is -2.35. The molecule has 168 valence electrons. The molecule has 3 aromatic rings. The Morgan fingerprint density at radius 1 is 1.00 bits per heavy atom. The molecular formula is C26H32N4OS. The summed E-state index contributed by atoms with van der Waals surface area (Å²) in [5.41, 5.74) is 4.44. The number of rotatable bonds is 8. The van der Waals surface area contributed by atoms with Crippen LogP contribution in [0.3, 0.4) is 0 Å². The molecule has 2 N–H and O–H groups in total. The number of carbonyl (C=O) groups is 1. The van der Waals surface area contributed by atoms with E-state index < -0.39 is 0 Å². The maximum absolute atomic E-state index is 12.6. The molecule has 2 aromatic carbocycles. The number of piperazine rings is 1. The van der Waals surface area contributed by atoms with Crippen molar-refractivity contribution in [1.29, 1.82) is 0 Å². The van der Waals surface area contributed by atoms with E-state index in [1.54, 1.807) is 11.3 Å². The molecule has 1 saturated heterocycles. The Balaban J connectivity index is 1.33. The van der Waals surface area contributed by atoms with Gasteiger partial charge in [0.1, 0.15) is 0 Å². The third kappa shape index (κ3) is 5.76. The molecule has 0 saturated carbocycles. The lowest BCUT2D eigenvalue weighted by Crippen LogP contribution is -2.46. The van der Waals surface area contributed by atoms with Crippen molar-refractivity contribution in [2.45, 2.75) is 19.9 Å². The highest BCUT2D eigenvalue weighted by atomic mass is 32.1. The quantitative estimate of drug-likeness (QED) is 0.532. The van der Waals surface area contributed by atoms with Gasteiger partial charge < -0.3 is 15.1 Å². The van der Waals surface area contributed by atoms with Gasteiger partial charge in [-0.05, 0) is 54.7 Å². The molecule has 1 aliphatic rings. The lowest BCUT2D eigenvalue weighted by molar-refractivity contribution is -0.115. The summed E-state index contributed by atoms with van der Waals surface area (Å²) < 4.78 is 0. The third-order valence-electron chi connectivity index (χ3n) is 6.04. The Labute approximate surface area is 195 Å². The SMILES string of the molecule is CCN1CCN(c2ccc(NC(=O)CN[C@@H](c3ccc(C)cc3)c3cccs3)cc2)CC1. The minimum Gasteiger partial charge on any atom is -0.369 e. The van der Waals surface area contributed by atoms with Gasteiger partial charge in [-0.1, -0.05) is 42.8 Å². The summed E-state index contributed by atoms with van der Waals surface area (Å²) in [5, 5.41) is 8.53. The topological polar surface area (TPSA) is 47.6 Å². The Morgan fingerprint density at radius 2 is 1.72 bits per heavy atom. The van der Waals surface area contributed by atoms with Crippen LogP contribution in [-0.2, 0) is 4.79 Å². The van der Waals surface area contributed by atoms with Crippen LogP contribution in [0.25, 0.3) is 0 Å². The maximum atomic E-state index is 12.6. The van der Waals surface area contributed by atoms with E-state index in [4.69, 9.17) is 0 Å². The van der Waals surface area contributed by atoms with Gasteiger partial charge >= 0.3 is 0 Å². The van der Waals surface area contributed by atoms with E-state index in [2.05, 4.69) is 82.1 Å². The van der Waals surface area contributed by atoms with Gasteiger partial charge in [-0.25, -0.2) is 0 Å². The van der Waals surface area contributed by atoms with Gasteiger partial charge in [-0.15, -0.1) is 11.3 Å². The summed E-state index contributed by atoms with van der Waals surface area (Å²) in [4.78, 5) is 18.7. The molecule has 1 aliphatic heterocycles. The predicted octanol–water partition coefficient (Wildman–Crippen LogP) is 4.52. The first-order chi connectivity index (χ1) is 15.6. The Bertz CT molecular complexity index is 978. The fourth-order valence-electron chi connectivity index (χ4n) is 4.07. The summed E-state index contributed by atoms with van der Waals surface area (Å²) >= 11 is 1.70. The summed E-state index contributed by atoms with van der Waals surface area (Å²) in [6, 6.07) is 20.8. The first-order valence-electron chi connectivity index (χ1n) is 11.3. The number of hydrogen-bond acceptors (Lipinski definition) is 5. The lowest BCUT2D eigenvalue weighted by atomic mass is 10.0. The monoisotopic (exact) mass is 448 g/mol. The number of benzene rings is 2. The number of thiophene rings is 1. The van der Waals surface area contributed by atoms with E-state index in [0.29, 0.717) is 0 Å². The van der Waals surface area contributed by atoms with Crippen LogP contribution in [0.15, 0.2) is 66.0 Å². The van der Waals surface area contributed by atoms with Crippen molar-refractivity contribution in [2.75, 3.05) is 49.5 Å². The van der Waals surface area contributed by atoms with Gasteiger partial charge in [0.25, 0.3) is 0 Å². The van der Waals surface area contributed by atoms with Gasteiger partial charge in [-0.3, -0.25) is 10.1 Å². The van der Waals surface area contributed by atoms with E-state index in [0.717, 1.165) is 38.4 Å². The first kappa shape index (κ1) is 22.5. The fourth-order valence-corrected chi connectivity index (χ4v) is 4.90. The first-order valence-corrected chi connectivity index (χ1v) is 12.2. The zero-order valence-corrected chi connectivity index (χ0v) is 19.7. The molecule has 0 radical (unpaired) electrons. The van der Waals surface area contributed by atoms with E-state index >= 15 is 0 Å². The van der Waals surface area contributed by atoms with Crippen LogP contribution in [0.2, 0.25) is 0 Å². The maximum Gasteiger partial charge on any atom is 0.238 e. The molecular weight excluding hydrogens is 416 g/mol. The molecule has 1 atom stereocenters. The molecule has 1 amide bonds. The molecule has 6 heteroatoms. The minimum atomic E-state index is -0.0389. The van der Waals surface area contributed by atoms with Gasteiger partial charge in [0.2, 0.25) is 5.91 Å². The van der Waals surface area contributed by atoms with Gasteiger partial charge in [0.15, 0.2) is 0 Å². The minimum absolute atomic E-state index is 0.00511. The number of amides is 1. The molecule has 0 bridgehead atoms. The highest BCUT2D eigenvalue weighted by Crippen LogP contribution is 2.26. The molecule has 5 nitrogen and oxygen atoms in total. The van der Waals surface area contributed by atoms with Crippen LogP contribution < -0.4 is 15.5 Å². The van der Waals surface area contributed by atoms with Crippen molar-refractivity contribution < 1.29 is 4.79 Å². The van der Waals surface area contributed by atoms with E-state index in [9.17, 15) is 4.79 Å². The largest absolute Gasteiger partial charge is 0.369 e. The van der Waals surface area contributed by atoms with Crippen LogP contribution in [0, 0.1) is 6.92 Å².